The highest BCUT2D eigenvalue weighted by molar-refractivity contribution is 5.92. The Bertz CT molecular complexity index is 216. The summed E-state index contributed by atoms with van der Waals surface area (Å²) in [5.74, 6) is 0.172. The van der Waals surface area contributed by atoms with Crippen molar-refractivity contribution in [2.45, 2.75) is 26.4 Å². The van der Waals surface area contributed by atoms with Crippen LogP contribution in [0.4, 0.5) is 0 Å². The summed E-state index contributed by atoms with van der Waals surface area (Å²) in [6.07, 6.45) is 3.43. The lowest BCUT2D eigenvalue weighted by Gasteiger charge is -2.14. The van der Waals surface area contributed by atoms with Gasteiger partial charge in [0.1, 0.15) is 5.60 Å². The molecule has 0 aromatic carbocycles. The van der Waals surface area contributed by atoms with Crippen molar-refractivity contribution in [3.63, 3.8) is 0 Å². The van der Waals surface area contributed by atoms with E-state index in [0.29, 0.717) is 13.0 Å². The fraction of sp³-hybridized carbons (Fsp3) is 0.600. The third-order valence-corrected chi connectivity index (χ3v) is 1.27. The van der Waals surface area contributed by atoms with E-state index < -0.39 is 0 Å². The molecular weight excluding hydrogens is 182 g/mol. The van der Waals surface area contributed by atoms with E-state index in [4.69, 9.17) is 0 Å². The molecule has 0 spiro atoms. The van der Waals surface area contributed by atoms with E-state index in [-0.39, 0.29) is 11.4 Å². The van der Waals surface area contributed by atoms with Crippen LogP contribution in [0, 0.1) is 0 Å². The second-order valence-electron chi connectivity index (χ2n) is 3.83. The lowest BCUT2D eigenvalue weighted by atomic mass is 10.2. The molecule has 4 nitrogen and oxygen atoms in total. The summed E-state index contributed by atoms with van der Waals surface area (Å²) in [5.41, 5.74) is -0.318. The molecule has 0 aliphatic carbocycles. The van der Waals surface area contributed by atoms with Gasteiger partial charge in [0.15, 0.2) is 5.78 Å². The Labute approximate surface area is 84.3 Å². The number of ketones is 1. The number of carbonyl (C=O) groups is 2. The minimum absolute atomic E-state index is 0.172. The molecule has 1 N–H and O–H groups in total. The van der Waals surface area contributed by atoms with Gasteiger partial charge in [-0.25, -0.2) is 0 Å². The highest BCUT2D eigenvalue weighted by Gasteiger charge is 2.07. The Morgan fingerprint density at radius 2 is 2.14 bits per heavy atom. The second-order valence-corrected chi connectivity index (χ2v) is 3.83. The monoisotopic (exact) mass is 199 g/mol. The van der Waals surface area contributed by atoms with E-state index in [2.05, 4.69) is 10.1 Å². The fourth-order valence-corrected chi connectivity index (χ4v) is 0.672. The molecule has 0 radical (unpaired) electrons. The van der Waals surface area contributed by atoms with Gasteiger partial charge in [0, 0.05) is 6.54 Å². The first-order valence-electron chi connectivity index (χ1n) is 4.47. The molecule has 1 heterocycles. The predicted molar refractivity (Wildman–Crippen MR) is 53.9 cm³/mol. The molecule has 1 rings (SSSR count). The predicted octanol–water partition coefficient (Wildman–Crippen LogP) is 0.673. The van der Waals surface area contributed by atoms with Gasteiger partial charge in [-0.1, -0.05) is 6.08 Å². The van der Waals surface area contributed by atoms with Gasteiger partial charge in [-0.2, -0.15) is 0 Å². The Morgan fingerprint density at radius 1 is 1.50 bits per heavy atom. The molecule has 0 unspecified atom stereocenters. The summed E-state index contributed by atoms with van der Waals surface area (Å²) in [7, 11) is 0. The average Bonchev–Trinajstić information content (AvgIpc) is 2.04. The third kappa shape index (κ3) is 8.93. The van der Waals surface area contributed by atoms with Gasteiger partial charge in [-0.15, -0.1) is 0 Å². The van der Waals surface area contributed by atoms with Gasteiger partial charge in [-0.05, 0) is 26.8 Å². The van der Waals surface area contributed by atoms with E-state index in [1.807, 2.05) is 26.8 Å². The molecular formula is C10H17NO3. The van der Waals surface area contributed by atoms with Crippen LogP contribution in [0.15, 0.2) is 12.2 Å². The fourth-order valence-electron chi connectivity index (χ4n) is 0.672. The molecule has 80 valence electrons. The van der Waals surface area contributed by atoms with Crippen LogP contribution in [0.25, 0.3) is 0 Å². The van der Waals surface area contributed by atoms with Crippen molar-refractivity contribution in [1.29, 1.82) is 0 Å². The van der Waals surface area contributed by atoms with Crippen molar-refractivity contribution in [3.05, 3.63) is 12.2 Å². The van der Waals surface area contributed by atoms with E-state index in [0.717, 1.165) is 6.54 Å². The second kappa shape index (κ2) is 6.32. The minimum atomic E-state index is -0.318. The molecule has 0 atom stereocenters. The number of ether oxygens (including phenoxy) is 1. The van der Waals surface area contributed by atoms with Crippen LogP contribution in [-0.2, 0) is 14.3 Å². The topological polar surface area (TPSA) is 55.4 Å². The number of hydrogen-bond donors (Lipinski definition) is 1. The number of rotatable bonds is 1. The van der Waals surface area contributed by atoms with E-state index in [1.54, 1.807) is 6.08 Å². The summed E-state index contributed by atoms with van der Waals surface area (Å²) in [6.45, 7) is 7.27. The zero-order valence-electron chi connectivity index (χ0n) is 8.87. The Hall–Kier alpha value is -1.16. The van der Waals surface area contributed by atoms with Gasteiger partial charge in [0.2, 0.25) is 0 Å². The normalized spacial score (nSPS) is 15.5. The van der Waals surface area contributed by atoms with Crippen LogP contribution in [-0.4, -0.2) is 30.9 Å². The van der Waals surface area contributed by atoms with Gasteiger partial charge in [0.25, 0.3) is 6.47 Å². The largest absolute Gasteiger partial charge is 0.462 e. The molecule has 0 bridgehead atoms. The first-order chi connectivity index (χ1) is 6.45. The summed E-state index contributed by atoms with van der Waals surface area (Å²) in [6, 6.07) is 0. The van der Waals surface area contributed by atoms with Gasteiger partial charge >= 0.3 is 0 Å². The maximum Gasteiger partial charge on any atom is 0.293 e. The minimum Gasteiger partial charge on any atom is -0.462 e. The molecule has 0 aromatic rings. The SMILES string of the molecule is CC(C)(C)OC=O.O=C1C=CCNC1. The Morgan fingerprint density at radius 3 is 2.29 bits per heavy atom. The number of nitrogens with one attached hydrogen (secondary N) is 1. The maximum absolute atomic E-state index is 10.3. The van der Waals surface area contributed by atoms with E-state index in [9.17, 15) is 9.59 Å². The number of carbonyl (C=O) groups excluding carboxylic acids is 2. The molecule has 0 fully saturated rings. The van der Waals surface area contributed by atoms with Crippen LogP contribution in [0.1, 0.15) is 20.8 Å². The van der Waals surface area contributed by atoms with Gasteiger partial charge < -0.3 is 10.1 Å². The average molecular weight is 199 g/mol. The van der Waals surface area contributed by atoms with E-state index in [1.165, 1.54) is 0 Å². The number of hydrogen-bond acceptors (Lipinski definition) is 4. The van der Waals surface area contributed by atoms with E-state index >= 15 is 0 Å². The van der Waals surface area contributed by atoms with Gasteiger partial charge in [0.05, 0.1) is 6.54 Å². The van der Waals surface area contributed by atoms with Crippen LogP contribution < -0.4 is 5.32 Å². The summed E-state index contributed by atoms with van der Waals surface area (Å²) >= 11 is 0. The zero-order valence-corrected chi connectivity index (χ0v) is 8.87. The molecule has 0 aromatic heterocycles. The molecule has 1 aliphatic rings. The first kappa shape index (κ1) is 12.8. The van der Waals surface area contributed by atoms with Crippen molar-refractivity contribution >= 4 is 12.3 Å². The summed E-state index contributed by atoms with van der Waals surface area (Å²) in [4.78, 5) is 19.9. The highest BCUT2D eigenvalue weighted by Crippen LogP contribution is 2.02. The first-order valence-corrected chi connectivity index (χ1v) is 4.47. The highest BCUT2D eigenvalue weighted by atomic mass is 16.5. The van der Waals surface area contributed by atoms with Crippen molar-refractivity contribution in [3.8, 4) is 0 Å². The molecule has 4 heteroatoms. The maximum atomic E-state index is 10.3. The Kier molecular flexibility index (Phi) is 5.79. The molecule has 0 saturated carbocycles. The Balaban J connectivity index is 0.000000241. The standard InChI is InChI=1S/C5H7NO.C5H10O2/c7-5-2-1-3-6-4-5;1-5(2,3)7-4-6/h1-2,6H,3-4H2;4H,1-3H3. The molecule has 14 heavy (non-hydrogen) atoms. The quantitative estimate of drug-likeness (QED) is 0.631. The van der Waals surface area contributed by atoms with Crippen molar-refractivity contribution < 1.29 is 14.3 Å². The molecule has 0 saturated heterocycles. The van der Waals surface area contributed by atoms with Crippen LogP contribution in [0.5, 0.6) is 0 Å². The van der Waals surface area contributed by atoms with Crippen molar-refractivity contribution in [1.82, 2.24) is 5.32 Å². The zero-order chi connectivity index (χ0) is 11.0. The van der Waals surface area contributed by atoms with Crippen molar-refractivity contribution in [2.24, 2.45) is 0 Å². The third-order valence-electron chi connectivity index (χ3n) is 1.27. The smallest absolute Gasteiger partial charge is 0.293 e. The van der Waals surface area contributed by atoms with Crippen LogP contribution in [0.2, 0.25) is 0 Å². The van der Waals surface area contributed by atoms with Crippen LogP contribution in [0.3, 0.4) is 0 Å². The molecule has 0 amide bonds. The lowest BCUT2D eigenvalue weighted by molar-refractivity contribution is -0.138. The summed E-state index contributed by atoms with van der Waals surface area (Å²) in [5, 5.41) is 2.90. The van der Waals surface area contributed by atoms with Gasteiger partial charge in [-0.3, -0.25) is 9.59 Å². The lowest BCUT2D eigenvalue weighted by Crippen LogP contribution is -2.25. The van der Waals surface area contributed by atoms with Crippen LogP contribution >= 0.6 is 0 Å². The summed E-state index contributed by atoms with van der Waals surface area (Å²) < 4.78 is 4.55. The van der Waals surface area contributed by atoms with Crippen molar-refractivity contribution in [2.75, 3.05) is 13.1 Å². The molecule has 1 aliphatic heterocycles.